The Bertz CT molecular complexity index is 649. The zero-order valence-electron chi connectivity index (χ0n) is 17.2. The molecule has 0 bridgehead atoms. The van der Waals surface area contributed by atoms with E-state index in [2.05, 4.69) is 37.5 Å². The first-order valence-corrected chi connectivity index (χ1v) is 9.57. The van der Waals surface area contributed by atoms with E-state index in [9.17, 15) is 5.11 Å². The molecule has 27 heavy (non-hydrogen) atoms. The van der Waals surface area contributed by atoms with Crippen LogP contribution >= 0.6 is 0 Å². The third kappa shape index (κ3) is 7.80. The summed E-state index contributed by atoms with van der Waals surface area (Å²) < 4.78 is 16.6. The first kappa shape index (κ1) is 21.6. The maximum absolute atomic E-state index is 10.3. The van der Waals surface area contributed by atoms with Gasteiger partial charge in [-0.15, -0.1) is 0 Å². The van der Waals surface area contributed by atoms with Gasteiger partial charge in [-0.05, 0) is 45.7 Å². The minimum Gasteiger partial charge on any atom is -0.497 e. The molecule has 1 heterocycles. The monoisotopic (exact) mass is 375 g/mol. The molecule has 1 saturated heterocycles. The summed E-state index contributed by atoms with van der Waals surface area (Å²) in [5.41, 5.74) is 0.770. The number of hydrogen-bond acceptors (Lipinski definition) is 5. The van der Waals surface area contributed by atoms with Gasteiger partial charge in [0.05, 0.1) is 13.2 Å². The van der Waals surface area contributed by atoms with Crippen LogP contribution in [0.3, 0.4) is 0 Å². The SMILES string of the molecule is COc1cc(C#CC(C)(C)C)cc(OCC(O)CN2CCC(OC)CC2)c1. The molecule has 0 spiro atoms. The molecule has 0 aromatic heterocycles. The van der Waals surface area contributed by atoms with E-state index in [-0.39, 0.29) is 12.0 Å². The summed E-state index contributed by atoms with van der Waals surface area (Å²) >= 11 is 0. The average Bonchev–Trinajstić information content (AvgIpc) is 2.64. The van der Waals surface area contributed by atoms with Gasteiger partial charge in [-0.2, -0.15) is 0 Å². The molecule has 2 rings (SSSR count). The molecule has 1 unspecified atom stereocenters. The highest BCUT2D eigenvalue weighted by atomic mass is 16.5. The van der Waals surface area contributed by atoms with Gasteiger partial charge in [0, 0.05) is 43.8 Å². The fourth-order valence-corrected chi connectivity index (χ4v) is 2.98. The van der Waals surface area contributed by atoms with Crippen molar-refractivity contribution in [3.05, 3.63) is 23.8 Å². The van der Waals surface area contributed by atoms with Crippen molar-refractivity contribution in [1.82, 2.24) is 4.90 Å². The van der Waals surface area contributed by atoms with E-state index in [0.29, 0.717) is 24.1 Å². The Morgan fingerprint density at radius 3 is 2.41 bits per heavy atom. The Kier molecular flexibility index (Phi) is 7.97. The van der Waals surface area contributed by atoms with Crippen molar-refractivity contribution in [3.8, 4) is 23.3 Å². The first-order chi connectivity index (χ1) is 12.8. The predicted molar refractivity (Wildman–Crippen MR) is 107 cm³/mol. The molecule has 150 valence electrons. The molecule has 1 aliphatic heterocycles. The first-order valence-electron chi connectivity index (χ1n) is 9.57. The lowest BCUT2D eigenvalue weighted by molar-refractivity contribution is 0.0153. The Hall–Kier alpha value is -1.74. The standard InChI is InChI=1S/C22H33NO4/c1-22(2,3)9-6-17-12-20(26-5)14-21(13-17)27-16-18(24)15-23-10-7-19(25-4)8-11-23/h12-14,18-19,24H,7-8,10-11,15-16H2,1-5H3. The quantitative estimate of drug-likeness (QED) is 0.743. The molecule has 0 amide bonds. The molecule has 1 aliphatic rings. The normalized spacial score (nSPS) is 17.1. The van der Waals surface area contributed by atoms with Gasteiger partial charge in [0.2, 0.25) is 0 Å². The predicted octanol–water partition coefficient (Wildman–Crippen LogP) is 2.94. The van der Waals surface area contributed by atoms with Crippen molar-refractivity contribution >= 4 is 0 Å². The van der Waals surface area contributed by atoms with E-state index in [1.54, 1.807) is 14.2 Å². The minimum absolute atomic E-state index is 0.0729. The number of hydrogen-bond donors (Lipinski definition) is 1. The maximum atomic E-state index is 10.3. The number of benzene rings is 1. The molecule has 1 aromatic carbocycles. The van der Waals surface area contributed by atoms with Gasteiger partial charge < -0.3 is 24.2 Å². The van der Waals surface area contributed by atoms with Crippen molar-refractivity contribution in [2.24, 2.45) is 5.41 Å². The van der Waals surface area contributed by atoms with E-state index in [1.165, 1.54) is 0 Å². The minimum atomic E-state index is -0.542. The summed E-state index contributed by atoms with van der Waals surface area (Å²) in [7, 11) is 3.38. The lowest BCUT2D eigenvalue weighted by atomic mass is 9.97. The van der Waals surface area contributed by atoms with E-state index >= 15 is 0 Å². The van der Waals surface area contributed by atoms with Crippen LogP contribution in [0, 0.1) is 17.3 Å². The third-order valence-electron chi connectivity index (χ3n) is 4.48. The lowest BCUT2D eigenvalue weighted by Crippen LogP contribution is -2.42. The van der Waals surface area contributed by atoms with Crippen molar-refractivity contribution in [2.75, 3.05) is 40.5 Å². The maximum Gasteiger partial charge on any atom is 0.124 e. The second-order valence-corrected chi connectivity index (χ2v) is 8.10. The molecule has 0 radical (unpaired) electrons. The number of rotatable bonds is 7. The van der Waals surface area contributed by atoms with Gasteiger partial charge in [-0.3, -0.25) is 0 Å². The van der Waals surface area contributed by atoms with Crippen molar-refractivity contribution < 1.29 is 19.3 Å². The van der Waals surface area contributed by atoms with Crippen LogP contribution in [0.4, 0.5) is 0 Å². The number of piperidine rings is 1. The third-order valence-corrected chi connectivity index (χ3v) is 4.48. The van der Waals surface area contributed by atoms with Crippen molar-refractivity contribution in [3.63, 3.8) is 0 Å². The summed E-state index contributed by atoms with van der Waals surface area (Å²) in [5.74, 6) is 7.74. The van der Waals surface area contributed by atoms with E-state index in [0.717, 1.165) is 31.5 Å². The second-order valence-electron chi connectivity index (χ2n) is 8.10. The second kappa shape index (κ2) is 9.98. The number of aliphatic hydroxyl groups is 1. The van der Waals surface area contributed by atoms with Crippen LogP contribution < -0.4 is 9.47 Å². The number of methoxy groups -OCH3 is 2. The molecule has 0 aliphatic carbocycles. The van der Waals surface area contributed by atoms with Gasteiger partial charge in [0.15, 0.2) is 0 Å². The highest BCUT2D eigenvalue weighted by molar-refractivity contribution is 5.46. The fraction of sp³-hybridized carbons (Fsp3) is 0.636. The van der Waals surface area contributed by atoms with Crippen LogP contribution in [-0.2, 0) is 4.74 Å². The molecule has 1 fully saturated rings. The van der Waals surface area contributed by atoms with Crippen molar-refractivity contribution in [1.29, 1.82) is 0 Å². The zero-order chi connectivity index (χ0) is 19.9. The largest absolute Gasteiger partial charge is 0.497 e. The number of ether oxygens (including phenoxy) is 3. The zero-order valence-corrected chi connectivity index (χ0v) is 17.2. The Morgan fingerprint density at radius 1 is 1.15 bits per heavy atom. The number of nitrogens with zero attached hydrogens (tertiary/aromatic N) is 1. The summed E-state index contributed by atoms with van der Waals surface area (Å²) in [6.07, 6.45) is 1.82. The summed E-state index contributed by atoms with van der Waals surface area (Å²) in [4.78, 5) is 2.26. The van der Waals surface area contributed by atoms with Gasteiger partial charge in [-0.25, -0.2) is 0 Å². The van der Waals surface area contributed by atoms with Crippen LogP contribution in [0.2, 0.25) is 0 Å². The summed E-state index contributed by atoms with van der Waals surface area (Å²) in [6.45, 7) is 8.96. The number of β-amino-alcohol motifs (C(OH)–C–C–N with tert-alkyl or cyclic N) is 1. The Balaban J connectivity index is 1.91. The van der Waals surface area contributed by atoms with Crippen LogP contribution in [0.15, 0.2) is 18.2 Å². The van der Waals surface area contributed by atoms with Crippen LogP contribution in [0.25, 0.3) is 0 Å². The highest BCUT2D eigenvalue weighted by Gasteiger charge is 2.20. The van der Waals surface area contributed by atoms with E-state index < -0.39 is 6.10 Å². The summed E-state index contributed by atoms with van der Waals surface area (Å²) in [5, 5.41) is 10.3. The topological polar surface area (TPSA) is 51.2 Å². The van der Waals surface area contributed by atoms with E-state index in [1.807, 2.05) is 18.2 Å². The average molecular weight is 376 g/mol. The molecular formula is C22H33NO4. The molecule has 0 saturated carbocycles. The lowest BCUT2D eigenvalue weighted by Gasteiger charge is -2.32. The van der Waals surface area contributed by atoms with Gasteiger partial charge in [-0.1, -0.05) is 11.8 Å². The van der Waals surface area contributed by atoms with E-state index in [4.69, 9.17) is 14.2 Å². The molecule has 1 N–H and O–H groups in total. The van der Waals surface area contributed by atoms with Crippen LogP contribution in [0.1, 0.15) is 39.2 Å². The van der Waals surface area contributed by atoms with Crippen molar-refractivity contribution in [2.45, 2.75) is 45.8 Å². The Morgan fingerprint density at radius 2 is 1.81 bits per heavy atom. The number of likely N-dealkylation sites (tertiary alicyclic amines) is 1. The van der Waals surface area contributed by atoms with Gasteiger partial charge >= 0.3 is 0 Å². The van der Waals surface area contributed by atoms with Gasteiger partial charge in [0.25, 0.3) is 0 Å². The Labute approximate surface area is 163 Å². The number of aliphatic hydroxyl groups excluding tert-OH is 1. The summed E-state index contributed by atoms with van der Waals surface area (Å²) in [6, 6.07) is 5.60. The van der Waals surface area contributed by atoms with Crippen LogP contribution in [0.5, 0.6) is 11.5 Å². The molecule has 1 aromatic rings. The molecule has 5 heteroatoms. The smallest absolute Gasteiger partial charge is 0.124 e. The van der Waals surface area contributed by atoms with Gasteiger partial charge in [0.1, 0.15) is 24.2 Å². The molecular weight excluding hydrogens is 342 g/mol. The van der Waals surface area contributed by atoms with Crippen LogP contribution in [-0.4, -0.2) is 62.7 Å². The fourth-order valence-electron chi connectivity index (χ4n) is 2.98. The molecule has 1 atom stereocenters. The molecule has 5 nitrogen and oxygen atoms in total. The highest BCUT2D eigenvalue weighted by Crippen LogP contribution is 2.23.